The van der Waals surface area contributed by atoms with Crippen molar-refractivity contribution in [3.63, 3.8) is 0 Å². The Morgan fingerprint density at radius 1 is 1.38 bits per heavy atom. The van der Waals surface area contributed by atoms with Crippen LogP contribution in [0.5, 0.6) is 0 Å². The average molecular weight is 313 g/mol. The van der Waals surface area contributed by atoms with Gasteiger partial charge in [-0.1, -0.05) is 24.3 Å². The molecular weight excluding hydrogens is 290 g/mol. The Morgan fingerprint density at radius 3 is 2.76 bits per heavy atom. The quantitative estimate of drug-likeness (QED) is 0.865. The van der Waals surface area contributed by atoms with E-state index < -0.39 is 10.0 Å². The van der Waals surface area contributed by atoms with E-state index in [2.05, 4.69) is 4.72 Å². The van der Waals surface area contributed by atoms with E-state index in [1.54, 1.807) is 24.3 Å². The first-order chi connectivity index (χ1) is 9.80. The van der Waals surface area contributed by atoms with E-state index in [0.717, 1.165) is 5.56 Å². The molecule has 0 amide bonds. The molecule has 0 saturated carbocycles. The molecule has 0 aliphatic carbocycles. The highest BCUT2D eigenvalue weighted by Gasteiger charge is 2.31. The molecule has 1 aliphatic rings. The van der Waals surface area contributed by atoms with Gasteiger partial charge in [0.25, 0.3) is 0 Å². The van der Waals surface area contributed by atoms with Crippen LogP contribution in [0.25, 0.3) is 0 Å². The predicted molar refractivity (Wildman–Crippen MR) is 81.2 cm³/mol. The second kappa shape index (κ2) is 6.44. The molecule has 1 heterocycles. The molecule has 2 rings (SSSR count). The topological polar surface area (TPSA) is 75.6 Å². The highest BCUT2D eigenvalue weighted by Crippen LogP contribution is 2.24. The van der Waals surface area contributed by atoms with Crippen molar-refractivity contribution < 1.29 is 18.3 Å². The van der Waals surface area contributed by atoms with Crippen LogP contribution in [-0.4, -0.2) is 31.8 Å². The lowest BCUT2D eigenvalue weighted by molar-refractivity contribution is -0.0599. The van der Waals surface area contributed by atoms with Gasteiger partial charge in [-0.25, -0.2) is 13.1 Å². The van der Waals surface area contributed by atoms with Crippen molar-refractivity contribution in [1.29, 1.82) is 0 Å². The number of benzene rings is 1. The first-order valence-corrected chi connectivity index (χ1v) is 8.77. The molecule has 1 fully saturated rings. The lowest BCUT2D eigenvalue weighted by atomic mass is 9.95. The van der Waals surface area contributed by atoms with Crippen LogP contribution in [0.4, 0.5) is 0 Å². The highest BCUT2D eigenvalue weighted by atomic mass is 32.2. The van der Waals surface area contributed by atoms with Crippen LogP contribution in [0.2, 0.25) is 0 Å². The number of aliphatic hydroxyl groups is 1. The van der Waals surface area contributed by atoms with Crippen molar-refractivity contribution >= 4 is 10.0 Å². The summed E-state index contributed by atoms with van der Waals surface area (Å²) in [6.45, 7) is 4.42. The van der Waals surface area contributed by atoms with Crippen LogP contribution < -0.4 is 4.72 Å². The van der Waals surface area contributed by atoms with Crippen LogP contribution in [0.15, 0.2) is 24.3 Å². The summed E-state index contributed by atoms with van der Waals surface area (Å²) in [5.41, 5.74) is 1.11. The van der Waals surface area contributed by atoms with E-state index in [4.69, 9.17) is 9.84 Å². The summed E-state index contributed by atoms with van der Waals surface area (Å²) >= 11 is 0. The zero-order valence-electron chi connectivity index (χ0n) is 12.5. The smallest absolute Gasteiger partial charge is 0.216 e. The molecule has 5 nitrogen and oxygen atoms in total. The van der Waals surface area contributed by atoms with Crippen LogP contribution in [-0.2, 0) is 27.1 Å². The fourth-order valence-electron chi connectivity index (χ4n) is 2.67. The van der Waals surface area contributed by atoms with Crippen LogP contribution in [0.1, 0.15) is 37.8 Å². The molecule has 0 bridgehead atoms. The summed E-state index contributed by atoms with van der Waals surface area (Å²) in [6.07, 6.45) is 1.36. The van der Waals surface area contributed by atoms with E-state index in [-0.39, 0.29) is 24.0 Å². The number of hydrogen-bond acceptors (Lipinski definition) is 4. The van der Waals surface area contributed by atoms with Crippen molar-refractivity contribution in [1.82, 2.24) is 4.72 Å². The molecule has 0 spiro atoms. The Kier molecular flexibility index (Phi) is 5.03. The Hall–Kier alpha value is -0.950. The maximum absolute atomic E-state index is 12.3. The Morgan fingerprint density at radius 2 is 2.10 bits per heavy atom. The van der Waals surface area contributed by atoms with Crippen LogP contribution in [0, 0.1) is 0 Å². The maximum atomic E-state index is 12.3. The van der Waals surface area contributed by atoms with E-state index in [1.165, 1.54) is 0 Å². The third kappa shape index (κ3) is 5.07. The number of aliphatic hydroxyl groups excluding tert-OH is 1. The molecule has 1 unspecified atom stereocenters. The molecule has 0 radical (unpaired) electrons. The van der Waals surface area contributed by atoms with E-state index in [1.807, 2.05) is 13.8 Å². The van der Waals surface area contributed by atoms with Gasteiger partial charge in [-0.05, 0) is 37.8 Å². The van der Waals surface area contributed by atoms with E-state index >= 15 is 0 Å². The van der Waals surface area contributed by atoms with Gasteiger partial charge in [0.1, 0.15) is 0 Å². The zero-order chi connectivity index (χ0) is 15.5. The summed E-state index contributed by atoms with van der Waals surface area (Å²) in [4.78, 5) is 0. The van der Waals surface area contributed by atoms with Crippen molar-refractivity contribution in [2.24, 2.45) is 0 Å². The molecule has 118 valence electrons. The summed E-state index contributed by atoms with van der Waals surface area (Å²) < 4.78 is 32.9. The van der Waals surface area contributed by atoms with Crippen LogP contribution >= 0.6 is 0 Å². The molecule has 1 aromatic carbocycles. The number of nitrogens with one attached hydrogen (secondary N) is 1. The van der Waals surface area contributed by atoms with Gasteiger partial charge in [-0.2, -0.15) is 0 Å². The van der Waals surface area contributed by atoms with Crippen molar-refractivity contribution in [2.45, 2.75) is 50.7 Å². The minimum atomic E-state index is -3.40. The lowest BCUT2D eigenvalue weighted by Gasteiger charge is -2.35. The van der Waals surface area contributed by atoms with E-state index in [0.29, 0.717) is 25.0 Å². The van der Waals surface area contributed by atoms with Crippen molar-refractivity contribution in [3.8, 4) is 0 Å². The predicted octanol–water partition coefficient (Wildman–Crippen LogP) is 1.56. The SMILES string of the molecule is CC1(C)CC(NS(=O)(=O)Cc2cccc(CO)c2)CCO1. The van der Waals surface area contributed by atoms with Gasteiger partial charge in [-0.15, -0.1) is 0 Å². The fraction of sp³-hybridized carbons (Fsp3) is 0.600. The van der Waals surface area contributed by atoms with Gasteiger partial charge in [-0.3, -0.25) is 0 Å². The zero-order valence-corrected chi connectivity index (χ0v) is 13.3. The average Bonchev–Trinajstić information content (AvgIpc) is 2.36. The van der Waals surface area contributed by atoms with Gasteiger partial charge >= 0.3 is 0 Å². The molecule has 1 saturated heterocycles. The molecule has 1 atom stereocenters. The first-order valence-electron chi connectivity index (χ1n) is 7.12. The molecule has 21 heavy (non-hydrogen) atoms. The molecule has 1 aromatic rings. The fourth-order valence-corrected chi connectivity index (χ4v) is 4.08. The van der Waals surface area contributed by atoms with Gasteiger partial charge in [0, 0.05) is 12.6 Å². The van der Waals surface area contributed by atoms with Gasteiger partial charge < -0.3 is 9.84 Å². The molecule has 2 N–H and O–H groups in total. The lowest BCUT2D eigenvalue weighted by Crippen LogP contribution is -2.46. The van der Waals surface area contributed by atoms with Gasteiger partial charge in [0.15, 0.2) is 0 Å². The summed E-state index contributed by atoms with van der Waals surface area (Å²) in [6, 6.07) is 6.91. The largest absolute Gasteiger partial charge is 0.392 e. The normalized spacial score (nSPS) is 22.1. The minimum absolute atomic E-state index is 0.0708. The first kappa shape index (κ1) is 16.4. The second-order valence-corrected chi connectivity index (χ2v) is 7.91. The number of rotatable bonds is 5. The number of hydrogen-bond donors (Lipinski definition) is 2. The minimum Gasteiger partial charge on any atom is -0.392 e. The van der Waals surface area contributed by atoms with Crippen LogP contribution in [0.3, 0.4) is 0 Å². The number of ether oxygens (including phenoxy) is 1. The standard InChI is InChI=1S/C15H23NO4S/c1-15(2)9-14(6-7-20-15)16-21(18,19)11-13-5-3-4-12(8-13)10-17/h3-5,8,14,16-17H,6-7,9-11H2,1-2H3. The maximum Gasteiger partial charge on any atom is 0.216 e. The number of sulfonamides is 1. The molecule has 1 aliphatic heterocycles. The molecule has 0 aromatic heterocycles. The third-order valence-electron chi connectivity index (χ3n) is 3.57. The van der Waals surface area contributed by atoms with Crippen molar-refractivity contribution in [2.75, 3.05) is 6.61 Å². The Balaban J connectivity index is 2.01. The van der Waals surface area contributed by atoms with Gasteiger partial charge in [0.05, 0.1) is 18.0 Å². The van der Waals surface area contributed by atoms with Gasteiger partial charge in [0.2, 0.25) is 10.0 Å². The monoisotopic (exact) mass is 313 g/mol. The second-order valence-electron chi connectivity index (χ2n) is 6.15. The van der Waals surface area contributed by atoms with Crippen molar-refractivity contribution in [3.05, 3.63) is 35.4 Å². The molecular formula is C15H23NO4S. The molecule has 6 heteroatoms. The highest BCUT2D eigenvalue weighted by molar-refractivity contribution is 7.88. The Labute approximate surface area is 126 Å². The van der Waals surface area contributed by atoms with E-state index in [9.17, 15) is 8.42 Å². The summed E-state index contributed by atoms with van der Waals surface area (Å²) in [5.74, 6) is -0.0708. The summed E-state index contributed by atoms with van der Waals surface area (Å²) in [5, 5.41) is 9.10. The summed E-state index contributed by atoms with van der Waals surface area (Å²) in [7, 11) is -3.40. The third-order valence-corrected chi connectivity index (χ3v) is 4.98. The Bertz CT molecular complexity index is 583.